The highest BCUT2D eigenvalue weighted by Crippen LogP contribution is 2.37. The molecule has 1 aliphatic rings. The number of hydrogen-bond acceptors (Lipinski definition) is 1. The molecule has 1 heteroatoms. The lowest BCUT2D eigenvalue weighted by Gasteiger charge is -2.32. The number of Topliss-reactive ketones (excluding diaryl/α,β-unsaturated/α-hetero) is 1. The largest absolute Gasteiger partial charge is 0.295 e. The number of carbonyl (C=O) groups is 1. The average Bonchev–Trinajstić information content (AvgIpc) is 2.03. The molecule has 13 heavy (non-hydrogen) atoms. The van der Waals surface area contributed by atoms with Gasteiger partial charge < -0.3 is 0 Å². The van der Waals surface area contributed by atoms with Crippen LogP contribution < -0.4 is 0 Å². The first-order valence-corrected chi connectivity index (χ1v) is 5.11. The second kappa shape index (κ2) is 3.65. The van der Waals surface area contributed by atoms with Gasteiger partial charge in [-0.05, 0) is 43.1 Å². The van der Waals surface area contributed by atoms with Gasteiger partial charge in [-0.25, -0.2) is 0 Å². The van der Waals surface area contributed by atoms with Crippen LogP contribution in [0.1, 0.15) is 47.0 Å². The highest BCUT2D eigenvalue weighted by molar-refractivity contribution is 5.93. The van der Waals surface area contributed by atoms with Gasteiger partial charge in [-0.2, -0.15) is 0 Å². The van der Waals surface area contributed by atoms with Crippen LogP contribution >= 0.6 is 0 Å². The molecular weight excluding hydrogens is 160 g/mol. The molecular formula is C12H20O. The zero-order chi connectivity index (χ0) is 10.1. The molecule has 0 radical (unpaired) electrons. The summed E-state index contributed by atoms with van der Waals surface area (Å²) in [5.74, 6) is 1.00. The van der Waals surface area contributed by atoms with Gasteiger partial charge in [-0.1, -0.05) is 26.8 Å². The summed E-state index contributed by atoms with van der Waals surface area (Å²) in [6.45, 7) is 8.52. The number of allylic oxidation sites excluding steroid dienone is 2. The Morgan fingerprint density at radius 2 is 2.08 bits per heavy atom. The summed E-state index contributed by atoms with van der Waals surface area (Å²) in [6.07, 6.45) is 5.38. The molecule has 0 amide bonds. The van der Waals surface area contributed by atoms with Crippen LogP contribution in [0.15, 0.2) is 11.6 Å². The minimum atomic E-state index is 0.257. The lowest BCUT2D eigenvalue weighted by Crippen LogP contribution is -2.23. The summed E-state index contributed by atoms with van der Waals surface area (Å²) in [7, 11) is 0. The van der Waals surface area contributed by atoms with Gasteiger partial charge in [0.25, 0.3) is 0 Å². The van der Waals surface area contributed by atoms with Crippen molar-refractivity contribution >= 4 is 5.78 Å². The summed E-state index contributed by atoms with van der Waals surface area (Å²) in [6, 6.07) is 0. The van der Waals surface area contributed by atoms with Crippen LogP contribution in [0.5, 0.6) is 0 Å². The van der Waals surface area contributed by atoms with Crippen LogP contribution in [0, 0.1) is 11.3 Å². The van der Waals surface area contributed by atoms with Crippen LogP contribution in [-0.2, 0) is 4.79 Å². The Balaban J connectivity index is 2.61. The lowest BCUT2D eigenvalue weighted by atomic mass is 9.73. The fraction of sp³-hybridized carbons (Fsp3) is 0.750. The molecule has 1 atom stereocenters. The molecule has 0 saturated heterocycles. The Morgan fingerprint density at radius 3 is 2.38 bits per heavy atom. The van der Waals surface area contributed by atoms with Crippen molar-refractivity contribution in [3.63, 3.8) is 0 Å². The van der Waals surface area contributed by atoms with Crippen LogP contribution in [0.3, 0.4) is 0 Å². The molecule has 1 aliphatic carbocycles. The van der Waals surface area contributed by atoms with E-state index in [2.05, 4.69) is 26.8 Å². The van der Waals surface area contributed by atoms with Crippen molar-refractivity contribution < 1.29 is 4.79 Å². The van der Waals surface area contributed by atoms with E-state index in [1.807, 2.05) is 0 Å². The molecule has 0 spiro atoms. The van der Waals surface area contributed by atoms with Crippen molar-refractivity contribution in [2.45, 2.75) is 47.0 Å². The van der Waals surface area contributed by atoms with Crippen molar-refractivity contribution in [2.24, 2.45) is 11.3 Å². The SMILES string of the molecule is CC(=O)C1=CC[C@@H](C(C)(C)C)CC1. The number of rotatable bonds is 1. The maximum absolute atomic E-state index is 11.1. The summed E-state index contributed by atoms with van der Waals surface area (Å²) < 4.78 is 0. The number of carbonyl (C=O) groups excluding carboxylic acids is 1. The normalized spacial score (nSPS) is 24.0. The third-order valence-corrected chi connectivity index (χ3v) is 3.09. The predicted molar refractivity (Wildman–Crippen MR) is 55.6 cm³/mol. The van der Waals surface area contributed by atoms with Crippen LogP contribution in [0.4, 0.5) is 0 Å². The monoisotopic (exact) mass is 180 g/mol. The van der Waals surface area contributed by atoms with Gasteiger partial charge in [0.15, 0.2) is 5.78 Å². The van der Waals surface area contributed by atoms with E-state index in [9.17, 15) is 4.79 Å². The number of hydrogen-bond donors (Lipinski definition) is 0. The molecule has 0 heterocycles. The summed E-state index contributed by atoms with van der Waals surface area (Å²) in [5, 5.41) is 0. The molecule has 0 aromatic heterocycles. The van der Waals surface area contributed by atoms with E-state index in [0.29, 0.717) is 5.41 Å². The zero-order valence-electron chi connectivity index (χ0n) is 9.18. The second-order valence-corrected chi connectivity index (χ2v) is 5.12. The van der Waals surface area contributed by atoms with E-state index in [1.165, 1.54) is 6.42 Å². The standard InChI is InChI=1S/C12H20O/c1-9(13)10-5-7-11(8-6-10)12(2,3)4/h5,11H,6-8H2,1-4H3/t11-/m1/s1. The Kier molecular flexibility index (Phi) is 2.94. The van der Waals surface area contributed by atoms with Gasteiger partial charge >= 0.3 is 0 Å². The molecule has 1 nitrogen and oxygen atoms in total. The molecule has 0 aromatic rings. The first-order chi connectivity index (χ1) is 5.91. The van der Waals surface area contributed by atoms with Crippen molar-refractivity contribution in [1.29, 1.82) is 0 Å². The van der Waals surface area contributed by atoms with Gasteiger partial charge in [-0.15, -0.1) is 0 Å². The second-order valence-electron chi connectivity index (χ2n) is 5.12. The molecule has 74 valence electrons. The Morgan fingerprint density at radius 1 is 1.46 bits per heavy atom. The maximum atomic E-state index is 11.1. The van der Waals surface area contributed by atoms with E-state index >= 15 is 0 Å². The van der Waals surface area contributed by atoms with E-state index in [0.717, 1.165) is 24.3 Å². The Labute approximate surface area is 81.2 Å². The minimum Gasteiger partial charge on any atom is -0.295 e. The summed E-state index contributed by atoms with van der Waals surface area (Å²) in [4.78, 5) is 11.1. The molecule has 0 bridgehead atoms. The predicted octanol–water partition coefficient (Wildman–Crippen LogP) is 3.35. The van der Waals surface area contributed by atoms with Crippen LogP contribution in [0.2, 0.25) is 0 Å². The van der Waals surface area contributed by atoms with Crippen molar-refractivity contribution in [3.05, 3.63) is 11.6 Å². The van der Waals surface area contributed by atoms with Crippen molar-refractivity contribution in [2.75, 3.05) is 0 Å². The van der Waals surface area contributed by atoms with E-state index in [4.69, 9.17) is 0 Å². The summed E-state index contributed by atoms with van der Waals surface area (Å²) >= 11 is 0. The molecule has 0 unspecified atom stereocenters. The first kappa shape index (κ1) is 10.5. The van der Waals surface area contributed by atoms with Crippen LogP contribution in [-0.4, -0.2) is 5.78 Å². The zero-order valence-corrected chi connectivity index (χ0v) is 9.18. The fourth-order valence-electron chi connectivity index (χ4n) is 1.94. The van der Waals surface area contributed by atoms with Gasteiger partial charge in [0.05, 0.1) is 0 Å². The minimum absolute atomic E-state index is 0.257. The molecule has 0 aliphatic heterocycles. The average molecular weight is 180 g/mol. The summed E-state index contributed by atoms with van der Waals surface area (Å²) in [5.41, 5.74) is 1.43. The number of ketones is 1. The molecule has 0 saturated carbocycles. The highest BCUT2D eigenvalue weighted by Gasteiger charge is 2.26. The van der Waals surface area contributed by atoms with E-state index in [1.54, 1.807) is 6.92 Å². The maximum Gasteiger partial charge on any atom is 0.155 e. The Hall–Kier alpha value is -0.590. The lowest BCUT2D eigenvalue weighted by molar-refractivity contribution is -0.113. The quantitative estimate of drug-likeness (QED) is 0.605. The molecule has 0 fully saturated rings. The van der Waals surface area contributed by atoms with Gasteiger partial charge in [-0.3, -0.25) is 4.79 Å². The first-order valence-electron chi connectivity index (χ1n) is 5.11. The molecule has 0 aromatic carbocycles. The topological polar surface area (TPSA) is 17.1 Å². The van der Waals surface area contributed by atoms with Gasteiger partial charge in [0.2, 0.25) is 0 Å². The molecule has 1 rings (SSSR count). The highest BCUT2D eigenvalue weighted by atomic mass is 16.1. The molecule has 0 N–H and O–H groups in total. The fourth-order valence-corrected chi connectivity index (χ4v) is 1.94. The third kappa shape index (κ3) is 2.68. The van der Waals surface area contributed by atoms with Crippen LogP contribution in [0.25, 0.3) is 0 Å². The third-order valence-electron chi connectivity index (χ3n) is 3.09. The van der Waals surface area contributed by atoms with Crippen molar-refractivity contribution in [1.82, 2.24) is 0 Å². The van der Waals surface area contributed by atoms with Gasteiger partial charge in [0, 0.05) is 0 Å². The van der Waals surface area contributed by atoms with Crippen molar-refractivity contribution in [3.8, 4) is 0 Å². The Bertz CT molecular complexity index is 230. The van der Waals surface area contributed by atoms with Gasteiger partial charge in [0.1, 0.15) is 0 Å². The van der Waals surface area contributed by atoms with E-state index in [-0.39, 0.29) is 5.78 Å². The smallest absolute Gasteiger partial charge is 0.155 e. The van der Waals surface area contributed by atoms with E-state index < -0.39 is 0 Å².